The number of hydrogen-bond donors (Lipinski definition) is 5. The Kier molecular flexibility index (Phi) is 8.28. The SMILES string of the molecule is C#C[C@@H](COP(=O)(O)OP(=O)(O)OP(=O)(O)O)O[C@H](C)n1ccc(=O)[nH]c1=O. The first-order valence-electron chi connectivity index (χ1n) is 6.85. The molecule has 28 heavy (non-hydrogen) atoms. The lowest BCUT2D eigenvalue weighted by Gasteiger charge is -2.21. The molecule has 1 aromatic heterocycles. The van der Waals surface area contributed by atoms with Crippen LogP contribution in [0.25, 0.3) is 0 Å². The molecule has 18 heteroatoms. The molecule has 0 radical (unpaired) electrons. The van der Waals surface area contributed by atoms with Gasteiger partial charge >= 0.3 is 29.2 Å². The van der Waals surface area contributed by atoms with Gasteiger partial charge < -0.3 is 24.3 Å². The molecular weight excluding hydrogens is 449 g/mol. The number of H-pyrrole nitrogens is 1. The molecular formula is C10H15N2O13P3. The number of phosphoric ester groups is 1. The maximum absolute atomic E-state index is 11.6. The van der Waals surface area contributed by atoms with E-state index in [0.29, 0.717) is 0 Å². The van der Waals surface area contributed by atoms with Crippen LogP contribution in [0.3, 0.4) is 0 Å². The van der Waals surface area contributed by atoms with E-state index in [4.69, 9.17) is 25.8 Å². The molecule has 0 fully saturated rings. The van der Waals surface area contributed by atoms with Crippen molar-refractivity contribution in [2.45, 2.75) is 19.3 Å². The summed E-state index contributed by atoms with van der Waals surface area (Å²) in [6.45, 7) is 0.442. The molecule has 1 rings (SSSR count). The Morgan fingerprint density at radius 3 is 2.29 bits per heavy atom. The highest BCUT2D eigenvalue weighted by Crippen LogP contribution is 2.66. The van der Waals surface area contributed by atoms with Gasteiger partial charge in [0.15, 0.2) is 0 Å². The van der Waals surface area contributed by atoms with Crippen molar-refractivity contribution in [2.75, 3.05) is 6.61 Å². The highest BCUT2D eigenvalue weighted by atomic mass is 31.3. The number of nitrogens with one attached hydrogen (secondary N) is 1. The quantitative estimate of drug-likeness (QED) is 0.216. The number of aromatic nitrogens is 2. The fourth-order valence-electron chi connectivity index (χ4n) is 1.61. The molecule has 0 bridgehead atoms. The minimum absolute atomic E-state index is 0.658. The Labute approximate surface area is 156 Å². The Balaban J connectivity index is 2.75. The summed E-state index contributed by atoms with van der Waals surface area (Å²) >= 11 is 0. The third-order valence-corrected chi connectivity index (χ3v) is 6.40. The zero-order valence-corrected chi connectivity index (χ0v) is 16.5. The fourth-order valence-corrected chi connectivity index (χ4v) is 4.63. The molecule has 15 nitrogen and oxygen atoms in total. The first-order chi connectivity index (χ1) is 12.6. The van der Waals surface area contributed by atoms with Gasteiger partial charge in [-0.2, -0.15) is 8.62 Å². The fraction of sp³-hybridized carbons (Fsp3) is 0.400. The number of rotatable bonds is 10. The Bertz CT molecular complexity index is 987. The first kappa shape index (κ1) is 24.6. The van der Waals surface area contributed by atoms with Gasteiger partial charge in [0.25, 0.3) is 5.56 Å². The van der Waals surface area contributed by atoms with Crippen LogP contribution in [0.4, 0.5) is 0 Å². The van der Waals surface area contributed by atoms with Gasteiger partial charge in [-0.1, -0.05) is 5.92 Å². The minimum Gasteiger partial charge on any atom is -0.340 e. The van der Waals surface area contributed by atoms with E-state index in [1.807, 2.05) is 10.9 Å². The maximum atomic E-state index is 11.6. The van der Waals surface area contributed by atoms with Crippen LogP contribution in [0.1, 0.15) is 13.2 Å². The molecule has 1 heterocycles. The van der Waals surface area contributed by atoms with Gasteiger partial charge in [0.1, 0.15) is 12.3 Å². The topological polar surface area (TPSA) is 224 Å². The van der Waals surface area contributed by atoms with E-state index in [1.54, 1.807) is 0 Å². The summed E-state index contributed by atoms with van der Waals surface area (Å²) < 4.78 is 50.9. The summed E-state index contributed by atoms with van der Waals surface area (Å²) in [7, 11) is -16.6. The summed E-state index contributed by atoms with van der Waals surface area (Å²) in [6.07, 6.45) is 3.79. The summed E-state index contributed by atoms with van der Waals surface area (Å²) in [5.41, 5.74) is -1.49. The van der Waals surface area contributed by atoms with Crippen LogP contribution in [-0.4, -0.2) is 41.8 Å². The van der Waals surface area contributed by atoms with Gasteiger partial charge in [0.05, 0.1) is 6.61 Å². The lowest BCUT2D eigenvalue weighted by molar-refractivity contribution is -0.0392. The number of aromatic amines is 1. The minimum atomic E-state index is -5.66. The predicted octanol–water partition coefficient (Wildman–Crippen LogP) is -0.583. The molecule has 1 aromatic rings. The molecule has 5 N–H and O–H groups in total. The molecule has 0 amide bonds. The zero-order chi connectivity index (χ0) is 21.8. The van der Waals surface area contributed by atoms with Crippen LogP contribution in [0, 0.1) is 12.3 Å². The van der Waals surface area contributed by atoms with Crippen molar-refractivity contribution in [3.05, 3.63) is 33.1 Å². The predicted molar refractivity (Wildman–Crippen MR) is 89.6 cm³/mol. The van der Waals surface area contributed by atoms with Gasteiger partial charge in [-0.05, 0) is 6.92 Å². The van der Waals surface area contributed by atoms with Gasteiger partial charge in [-0.15, -0.1) is 6.42 Å². The molecule has 0 saturated carbocycles. The van der Waals surface area contributed by atoms with E-state index in [9.17, 15) is 28.2 Å². The molecule has 0 aliphatic rings. The number of phosphoric acid groups is 3. The summed E-state index contributed by atoms with van der Waals surface area (Å²) in [4.78, 5) is 59.8. The van der Waals surface area contributed by atoms with Gasteiger partial charge in [0, 0.05) is 12.3 Å². The molecule has 0 aliphatic heterocycles. The Morgan fingerprint density at radius 2 is 1.79 bits per heavy atom. The van der Waals surface area contributed by atoms with Crippen LogP contribution in [-0.2, 0) is 31.6 Å². The lowest BCUT2D eigenvalue weighted by Crippen LogP contribution is -2.33. The first-order valence-corrected chi connectivity index (χ1v) is 11.4. The van der Waals surface area contributed by atoms with Gasteiger partial charge in [-0.25, -0.2) is 18.5 Å². The molecule has 0 aromatic carbocycles. The van der Waals surface area contributed by atoms with Crippen molar-refractivity contribution in [3.8, 4) is 12.3 Å². The highest BCUT2D eigenvalue weighted by Gasteiger charge is 2.41. The number of hydrogen-bond acceptors (Lipinski definition) is 9. The second-order valence-electron chi connectivity index (χ2n) is 4.79. The smallest absolute Gasteiger partial charge is 0.340 e. The van der Waals surface area contributed by atoms with E-state index in [1.165, 1.54) is 6.92 Å². The number of terminal acetylenes is 1. The summed E-state index contributed by atoms with van der Waals surface area (Å²) in [5, 5.41) is 0. The second kappa shape index (κ2) is 9.41. The molecule has 4 atom stereocenters. The van der Waals surface area contributed by atoms with E-state index >= 15 is 0 Å². The van der Waals surface area contributed by atoms with Crippen LogP contribution < -0.4 is 11.2 Å². The van der Waals surface area contributed by atoms with Crippen molar-refractivity contribution in [1.29, 1.82) is 0 Å². The number of nitrogens with zero attached hydrogens (tertiary/aromatic N) is 1. The van der Waals surface area contributed by atoms with Crippen LogP contribution in [0.2, 0.25) is 0 Å². The van der Waals surface area contributed by atoms with Crippen LogP contribution >= 0.6 is 23.5 Å². The van der Waals surface area contributed by atoms with Crippen molar-refractivity contribution in [3.63, 3.8) is 0 Å². The number of ether oxygens (including phenoxy) is 1. The van der Waals surface area contributed by atoms with Crippen molar-refractivity contribution in [2.24, 2.45) is 0 Å². The van der Waals surface area contributed by atoms with Crippen molar-refractivity contribution >= 4 is 23.5 Å². The largest absolute Gasteiger partial charge is 0.490 e. The molecule has 158 valence electrons. The molecule has 2 unspecified atom stereocenters. The average Bonchev–Trinajstić information content (AvgIpc) is 2.47. The summed E-state index contributed by atoms with van der Waals surface area (Å²) in [6, 6.07) is 1.03. The molecule has 0 saturated heterocycles. The second-order valence-corrected chi connectivity index (χ2v) is 9.21. The third-order valence-electron chi connectivity index (χ3n) is 2.59. The van der Waals surface area contributed by atoms with E-state index in [-0.39, 0.29) is 0 Å². The monoisotopic (exact) mass is 464 g/mol. The van der Waals surface area contributed by atoms with E-state index in [0.717, 1.165) is 16.8 Å². The highest BCUT2D eigenvalue weighted by molar-refractivity contribution is 7.66. The lowest BCUT2D eigenvalue weighted by atomic mass is 10.4. The van der Waals surface area contributed by atoms with Crippen molar-refractivity contribution in [1.82, 2.24) is 9.55 Å². The standard InChI is InChI=1S/C10H15N2O13P3/c1-3-8(23-7(2)12-5-4-9(13)11-10(12)14)6-22-27(18,19)25-28(20,21)24-26(15,16)17/h1,4-5,7-8H,6H2,2H3,(H,18,19)(H,20,21)(H,11,13,14)(H2,15,16,17)/t7-,8+/m1/s1. The van der Waals surface area contributed by atoms with Crippen LogP contribution in [0.15, 0.2) is 21.9 Å². The normalized spacial score (nSPS) is 18.4. The Morgan fingerprint density at radius 1 is 1.18 bits per heavy atom. The van der Waals surface area contributed by atoms with E-state index in [2.05, 4.69) is 13.1 Å². The van der Waals surface area contributed by atoms with Gasteiger partial charge in [-0.3, -0.25) is 18.9 Å². The Hall–Kier alpha value is -1.39. The van der Waals surface area contributed by atoms with Crippen molar-refractivity contribution < 1.29 is 51.2 Å². The van der Waals surface area contributed by atoms with E-state index < -0.39 is 53.7 Å². The maximum Gasteiger partial charge on any atom is 0.490 e. The molecule has 0 spiro atoms. The third kappa shape index (κ3) is 8.74. The summed E-state index contributed by atoms with van der Waals surface area (Å²) in [5.74, 6) is 2.00. The zero-order valence-electron chi connectivity index (χ0n) is 13.8. The molecule has 0 aliphatic carbocycles. The van der Waals surface area contributed by atoms with Crippen LogP contribution in [0.5, 0.6) is 0 Å². The average molecular weight is 464 g/mol. The van der Waals surface area contributed by atoms with Gasteiger partial charge in [0.2, 0.25) is 0 Å².